The van der Waals surface area contributed by atoms with Crippen molar-refractivity contribution in [3.63, 3.8) is 0 Å². The van der Waals surface area contributed by atoms with Gasteiger partial charge in [-0.25, -0.2) is 0 Å². The largest absolute Gasteiger partial charge is 0.490 e. The molecule has 1 aliphatic heterocycles. The van der Waals surface area contributed by atoms with E-state index in [0.29, 0.717) is 24.6 Å². The molecule has 122 valence electrons. The van der Waals surface area contributed by atoms with Gasteiger partial charge in [0.15, 0.2) is 0 Å². The number of hydrogen-bond acceptors (Lipinski definition) is 4. The fourth-order valence-corrected chi connectivity index (χ4v) is 2.70. The number of benzene rings is 1. The number of anilines is 1. The van der Waals surface area contributed by atoms with Gasteiger partial charge in [0.1, 0.15) is 12.4 Å². The first-order valence-corrected chi connectivity index (χ1v) is 7.94. The zero-order valence-corrected chi connectivity index (χ0v) is 13.8. The molecule has 1 atom stereocenters. The van der Waals surface area contributed by atoms with E-state index in [0.717, 1.165) is 17.9 Å². The fourth-order valence-electron chi connectivity index (χ4n) is 2.53. The van der Waals surface area contributed by atoms with Gasteiger partial charge in [-0.3, -0.25) is 4.79 Å². The summed E-state index contributed by atoms with van der Waals surface area (Å²) in [5.41, 5.74) is 0.462. The number of nitrogens with zero attached hydrogens (tertiary/aromatic N) is 1. The van der Waals surface area contributed by atoms with Gasteiger partial charge in [-0.15, -0.1) is 0 Å². The number of aliphatic hydroxyl groups excluding tert-OH is 1. The summed E-state index contributed by atoms with van der Waals surface area (Å²) in [6, 6.07) is 5.42. The number of carbonyl (C=O) groups excluding carboxylic acids is 1. The highest BCUT2D eigenvalue weighted by Gasteiger charge is 2.26. The molecule has 0 aliphatic carbocycles. The van der Waals surface area contributed by atoms with E-state index in [2.05, 4.69) is 5.32 Å². The van der Waals surface area contributed by atoms with E-state index in [1.54, 1.807) is 6.07 Å². The van der Waals surface area contributed by atoms with E-state index in [4.69, 9.17) is 21.4 Å². The maximum Gasteiger partial charge on any atom is 0.239 e. The Kier molecular flexibility index (Phi) is 5.53. The van der Waals surface area contributed by atoms with E-state index in [9.17, 15) is 4.79 Å². The van der Waals surface area contributed by atoms with Gasteiger partial charge in [0.25, 0.3) is 0 Å². The molecule has 22 heavy (non-hydrogen) atoms. The number of fused-ring (bicyclic) bond motifs is 1. The number of ether oxygens (including phenoxy) is 1. The molecule has 1 aromatic carbocycles. The SMILES string of the molecule is CCC(C)(CCO)NC(=O)CN1CCOc2ccc(Cl)cc21. The average Bonchev–Trinajstić information content (AvgIpc) is 2.48. The van der Waals surface area contributed by atoms with E-state index in [1.807, 2.05) is 30.9 Å². The first kappa shape index (κ1) is 16.9. The minimum atomic E-state index is -0.380. The zero-order chi connectivity index (χ0) is 16.2. The Morgan fingerprint density at radius 3 is 3.00 bits per heavy atom. The van der Waals surface area contributed by atoms with Crippen molar-refractivity contribution in [2.45, 2.75) is 32.2 Å². The number of rotatable bonds is 6. The van der Waals surface area contributed by atoms with Crippen LogP contribution in [0.2, 0.25) is 5.02 Å². The Morgan fingerprint density at radius 2 is 2.32 bits per heavy atom. The van der Waals surface area contributed by atoms with Crippen LogP contribution in [0.3, 0.4) is 0 Å². The number of aliphatic hydroxyl groups is 1. The van der Waals surface area contributed by atoms with Crippen LogP contribution in [0.15, 0.2) is 18.2 Å². The lowest BCUT2D eigenvalue weighted by Crippen LogP contribution is -2.50. The van der Waals surface area contributed by atoms with Crippen LogP contribution in [0.5, 0.6) is 5.75 Å². The molecule has 0 fully saturated rings. The first-order chi connectivity index (χ1) is 10.5. The summed E-state index contributed by atoms with van der Waals surface area (Å²) in [7, 11) is 0. The Bertz CT molecular complexity index is 538. The number of hydrogen-bond donors (Lipinski definition) is 2. The van der Waals surface area contributed by atoms with Gasteiger partial charge in [-0.2, -0.15) is 0 Å². The Balaban J connectivity index is 2.06. The summed E-state index contributed by atoms with van der Waals surface area (Å²) in [4.78, 5) is 14.3. The molecular weight excluding hydrogens is 304 g/mol. The first-order valence-electron chi connectivity index (χ1n) is 7.56. The summed E-state index contributed by atoms with van der Waals surface area (Å²) in [5.74, 6) is 0.683. The summed E-state index contributed by atoms with van der Waals surface area (Å²) < 4.78 is 5.59. The number of nitrogens with one attached hydrogen (secondary N) is 1. The van der Waals surface area contributed by atoms with Crippen molar-refractivity contribution in [1.82, 2.24) is 5.32 Å². The molecule has 2 N–H and O–H groups in total. The summed E-state index contributed by atoms with van der Waals surface area (Å²) in [5, 5.41) is 12.8. The second kappa shape index (κ2) is 7.20. The van der Waals surface area contributed by atoms with Gasteiger partial charge in [0.2, 0.25) is 5.91 Å². The maximum absolute atomic E-state index is 12.3. The highest BCUT2D eigenvalue weighted by atomic mass is 35.5. The third-order valence-electron chi connectivity index (χ3n) is 4.10. The molecule has 1 heterocycles. The molecule has 0 saturated heterocycles. The Hall–Kier alpha value is -1.46. The second-order valence-electron chi connectivity index (χ2n) is 5.82. The number of carbonyl (C=O) groups is 1. The molecule has 0 aromatic heterocycles. The summed E-state index contributed by atoms with van der Waals surface area (Å²) >= 11 is 6.04. The third-order valence-corrected chi connectivity index (χ3v) is 4.34. The topological polar surface area (TPSA) is 61.8 Å². The van der Waals surface area contributed by atoms with Crippen molar-refractivity contribution < 1.29 is 14.6 Å². The van der Waals surface area contributed by atoms with Crippen LogP contribution in [0, 0.1) is 0 Å². The van der Waals surface area contributed by atoms with E-state index in [-0.39, 0.29) is 24.6 Å². The molecule has 6 heteroatoms. The van der Waals surface area contributed by atoms with Crippen LogP contribution in [0.25, 0.3) is 0 Å². The van der Waals surface area contributed by atoms with E-state index in [1.165, 1.54) is 0 Å². The summed E-state index contributed by atoms with van der Waals surface area (Å²) in [6.07, 6.45) is 1.31. The number of halogens is 1. The molecular formula is C16H23ClN2O3. The van der Waals surface area contributed by atoms with E-state index >= 15 is 0 Å². The predicted molar refractivity (Wildman–Crippen MR) is 87.7 cm³/mol. The van der Waals surface area contributed by atoms with Crippen LogP contribution in [-0.2, 0) is 4.79 Å². The highest BCUT2D eigenvalue weighted by molar-refractivity contribution is 6.31. The molecule has 0 spiro atoms. The Morgan fingerprint density at radius 1 is 1.55 bits per heavy atom. The van der Waals surface area contributed by atoms with Crippen LogP contribution in [0.1, 0.15) is 26.7 Å². The molecule has 2 rings (SSSR count). The van der Waals surface area contributed by atoms with Gasteiger partial charge in [0.05, 0.1) is 18.8 Å². The molecule has 0 saturated carbocycles. The van der Waals surface area contributed by atoms with Gasteiger partial charge in [-0.05, 0) is 38.0 Å². The van der Waals surface area contributed by atoms with Gasteiger partial charge in [0, 0.05) is 17.2 Å². The van der Waals surface area contributed by atoms with E-state index < -0.39 is 0 Å². The second-order valence-corrected chi connectivity index (χ2v) is 6.25. The van der Waals surface area contributed by atoms with Crippen molar-refractivity contribution >= 4 is 23.2 Å². The molecule has 1 amide bonds. The molecule has 1 aromatic rings. The lowest BCUT2D eigenvalue weighted by Gasteiger charge is -2.33. The molecule has 5 nitrogen and oxygen atoms in total. The molecule has 1 aliphatic rings. The minimum absolute atomic E-state index is 0.0562. The highest BCUT2D eigenvalue weighted by Crippen LogP contribution is 2.33. The lowest BCUT2D eigenvalue weighted by molar-refractivity contribution is -0.121. The molecule has 0 bridgehead atoms. The van der Waals surface area contributed by atoms with Crippen LogP contribution in [0.4, 0.5) is 5.69 Å². The maximum atomic E-state index is 12.3. The average molecular weight is 327 g/mol. The smallest absolute Gasteiger partial charge is 0.239 e. The monoisotopic (exact) mass is 326 g/mol. The van der Waals surface area contributed by atoms with Crippen molar-refractivity contribution in [3.05, 3.63) is 23.2 Å². The van der Waals surface area contributed by atoms with Crippen molar-refractivity contribution in [1.29, 1.82) is 0 Å². The van der Waals surface area contributed by atoms with Crippen LogP contribution < -0.4 is 15.0 Å². The van der Waals surface area contributed by atoms with Gasteiger partial charge >= 0.3 is 0 Å². The molecule has 0 radical (unpaired) electrons. The quantitative estimate of drug-likeness (QED) is 0.841. The fraction of sp³-hybridized carbons (Fsp3) is 0.562. The third kappa shape index (κ3) is 4.05. The number of amides is 1. The van der Waals surface area contributed by atoms with Crippen LogP contribution >= 0.6 is 11.6 Å². The normalized spacial score (nSPS) is 16.5. The van der Waals surface area contributed by atoms with Gasteiger partial charge in [-0.1, -0.05) is 18.5 Å². The molecule has 1 unspecified atom stereocenters. The predicted octanol–water partition coefficient (Wildman–Crippen LogP) is 2.21. The summed E-state index contributed by atoms with van der Waals surface area (Å²) in [6.45, 7) is 5.44. The minimum Gasteiger partial charge on any atom is -0.490 e. The lowest BCUT2D eigenvalue weighted by atomic mass is 9.95. The Labute approximate surface area is 136 Å². The zero-order valence-electron chi connectivity index (χ0n) is 13.1. The van der Waals surface area contributed by atoms with Crippen molar-refractivity contribution in [2.24, 2.45) is 0 Å². The van der Waals surface area contributed by atoms with Crippen molar-refractivity contribution in [2.75, 3.05) is 31.2 Å². The van der Waals surface area contributed by atoms with Crippen LogP contribution in [-0.4, -0.2) is 42.9 Å². The standard InChI is InChI=1S/C16H23ClN2O3/c1-3-16(2,6-8-20)18-15(21)11-19-7-9-22-14-5-4-12(17)10-13(14)19/h4-5,10,20H,3,6-9,11H2,1-2H3,(H,18,21). The van der Waals surface area contributed by atoms with Crippen molar-refractivity contribution in [3.8, 4) is 5.75 Å². The van der Waals surface area contributed by atoms with Gasteiger partial charge < -0.3 is 20.1 Å².